The van der Waals surface area contributed by atoms with Crippen LogP contribution in [0.1, 0.15) is 18.2 Å². The van der Waals surface area contributed by atoms with Crippen LogP contribution in [0.5, 0.6) is 0 Å². The maximum Gasteiger partial charge on any atom is 0.242 e. The van der Waals surface area contributed by atoms with Gasteiger partial charge in [-0.2, -0.15) is 0 Å². The van der Waals surface area contributed by atoms with E-state index in [0.717, 1.165) is 16.9 Å². The van der Waals surface area contributed by atoms with Gasteiger partial charge in [-0.15, -0.1) is 0 Å². The van der Waals surface area contributed by atoms with E-state index in [1.54, 1.807) is 21.9 Å². The SMILES string of the molecule is O=C(Cn1c(C2CC(=O)N(c3cccc(F)c3)C2)nc2ccccc21)N1CCOCC1. The summed E-state index contributed by atoms with van der Waals surface area (Å²) in [4.78, 5) is 33.9. The number of ether oxygens (including phenoxy) is 1. The van der Waals surface area contributed by atoms with Gasteiger partial charge in [0.05, 0.1) is 24.2 Å². The standard InChI is InChI=1S/C23H23FN4O3/c24-17-4-3-5-18(13-17)27-14-16(12-21(27)29)23-25-19-6-1-2-7-20(19)28(23)15-22(30)26-8-10-31-11-9-26/h1-7,13,16H,8-12,14-15H2. The predicted octanol–water partition coefficient (Wildman–Crippen LogP) is 2.55. The molecule has 3 heterocycles. The first kappa shape index (κ1) is 19.7. The molecular weight excluding hydrogens is 399 g/mol. The number of benzene rings is 2. The smallest absolute Gasteiger partial charge is 0.242 e. The van der Waals surface area contributed by atoms with E-state index in [2.05, 4.69) is 0 Å². The summed E-state index contributed by atoms with van der Waals surface area (Å²) >= 11 is 0. The van der Waals surface area contributed by atoms with Crippen LogP contribution in [-0.2, 0) is 20.9 Å². The van der Waals surface area contributed by atoms with Gasteiger partial charge in [0.2, 0.25) is 11.8 Å². The Labute approximate surface area is 179 Å². The van der Waals surface area contributed by atoms with Crippen LogP contribution >= 0.6 is 0 Å². The minimum atomic E-state index is -0.378. The van der Waals surface area contributed by atoms with Crippen molar-refractivity contribution >= 4 is 28.5 Å². The second-order valence-electron chi connectivity index (χ2n) is 7.92. The maximum atomic E-state index is 13.7. The van der Waals surface area contributed by atoms with Crippen molar-refractivity contribution in [1.82, 2.24) is 14.5 Å². The summed E-state index contributed by atoms with van der Waals surface area (Å²) in [5.41, 5.74) is 2.21. The number of carbonyl (C=O) groups excluding carboxylic acids is 2. The highest BCUT2D eigenvalue weighted by molar-refractivity contribution is 5.96. The second kappa shape index (κ2) is 8.11. The first-order chi connectivity index (χ1) is 15.1. The first-order valence-electron chi connectivity index (χ1n) is 10.5. The van der Waals surface area contributed by atoms with Crippen LogP contribution in [0, 0.1) is 5.82 Å². The molecule has 1 atom stereocenters. The number of morpholine rings is 1. The lowest BCUT2D eigenvalue weighted by molar-refractivity contribution is -0.135. The molecule has 2 amide bonds. The minimum Gasteiger partial charge on any atom is -0.378 e. The summed E-state index contributed by atoms with van der Waals surface area (Å²) in [6, 6.07) is 13.7. The molecular formula is C23H23FN4O3. The number of aromatic nitrogens is 2. The molecule has 2 fully saturated rings. The number of amides is 2. The van der Waals surface area contributed by atoms with Gasteiger partial charge in [0.1, 0.15) is 18.2 Å². The quantitative estimate of drug-likeness (QED) is 0.648. The topological polar surface area (TPSA) is 67.7 Å². The third kappa shape index (κ3) is 3.79. The zero-order valence-corrected chi connectivity index (χ0v) is 17.0. The Kier molecular flexibility index (Phi) is 5.15. The van der Waals surface area contributed by atoms with Crippen LogP contribution in [0.4, 0.5) is 10.1 Å². The third-order valence-electron chi connectivity index (χ3n) is 5.95. The number of nitrogens with zero attached hydrogens (tertiary/aromatic N) is 4. The summed E-state index contributed by atoms with van der Waals surface area (Å²) < 4.78 is 21.0. The number of anilines is 1. The van der Waals surface area contributed by atoms with Gasteiger partial charge in [-0.05, 0) is 30.3 Å². The van der Waals surface area contributed by atoms with Crippen LogP contribution in [0.2, 0.25) is 0 Å². The Balaban J connectivity index is 1.46. The highest BCUT2D eigenvalue weighted by atomic mass is 19.1. The molecule has 31 heavy (non-hydrogen) atoms. The fraction of sp³-hybridized carbons (Fsp3) is 0.348. The van der Waals surface area contributed by atoms with Crippen LogP contribution in [0.25, 0.3) is 11.0 Å². The van der Waals surface area contributed by atoms with E-state index in [0.29, 0.717) is 38.5 Å². The molecule has 2 saturated heterocycles. The van der Waals surface area contributed by atoms with Crippen molar-refractivity contribution in [1.29, 1.82) is 0 Å². The molecule has 0 N–H and O–H groups in total. The Hall–Kier alpha value is -3.26. The van der Waals surface area contributed by atoms with Gasteiger partial charge in [0, 0.05) is 37.7 Å². The number of rotatable bonds is 4. The van der Waals surface area contributed by atoms with Crippen LogP contribution in [0.15, 0.2) is 48.5 Å². The second-order valence-corrected chi connectivity index (χ2v) is 7.92. The van der Waals surface area contributed by atoms with Crippen molar-refractivity contribution in [2.24, 2.45) is 0 Å². The van der Waals surface area contributed by atoms with E-state index >= 15 is 0 Å². The average molecular weight is 422 g/mol. The van der Waals surface area contributed by atoms with E-state index in [9.17, 15) is 14.0 Å². The van der Waals surface area contributed by atoms with Gasteiger partial charge in [0.25, 0.3) is 0 Å². The fourth-order valence-electron chi connectivity index (χ4n) is 4.39. The Bertz CT molecular complexity index is 1140. The predicted molar refractivity (Wildman–Crippen MR) is 113 cm³/mol. The molecule has 5 rings (SSSR count). The molecule has 1 aromatic heterocycles. The molecule has 0 bridgehead atoms. The van der Waals surface area contributed by atoms with Gasteiger partial charge < -0.3 is 19.1 Å². The minimum absolute atomic E-state index is 0.0130. The number of imidazole rings is 1. The number of hydrogen-bond acceptors (Lipinski definition) is 4. The number of hydrogen-bond donors (Lipinski definition) is 0. The number of fused-ring (bicyclic) bond motifs is 1. The van der Waals surface area contributed by atoms with E-state index in [1.165, 1.54) is 12.1 Å². The van der Waals surface area contributed by atoms with E-state index in [4.69, 9.17) is 9.72 Å². The van der Waals surface area contributed by atoms with Gasteiger partial charge in [-0.25, -0.2) is 9.37 Å². The molecule has 2 aliphatic rings. The molecule has 0 spiro atoms. The zero-order chi connectivity index (χ0) is 21.4. The van der Waals surface area contributed by atoms with Crippen LogP contribution in [-0.4, -0.2) is 59.1 Å². The number of halogens is 1. The van der Waals surface area contributed by atoms with Crippen molar-refractivity contribution < 1.29 is 18.7 Å². The first-order valence-corrected chi connectivity index (χ1v) is 10.5. The van der Waals surface area contributed by atoms with Crippen molar-refractivity contribution in [3.05, 3.63) is 60.2 Å². The molecule has 1 unspecified atom stereocenters. The van der Waals surface area contributed by atoms with E-state index in [-0.39, 0.29) is 36.5 Å². The summed E-state index contributed by atoms with van der Waals surface area (Å²) in [5.74, 6) is 0.0977. The summed E-state index contributed by atoms with van der Waals surface area (Å²) in [6.07, 6.45) is 0.269. The van der Waals surface area contributed by atoms with Gasteiger partial charge in [0.15, 0.2) is 0 Å². The molecule has 8 heteroatoms. The highest BCUT2D eigenvalue weighted by Crippen LogP contribution is 2.33. The van der Waals surface area contributed by atoms with Gasteiger partial charge >= 0.3 is 0 Å². The number of para-hydroxylation sites is 2. The fourth-order valence-corrected chi connectivity index (χ4v) is 4.39. The van der Waals surface area contributed by atoms with Crippen molar-refractivity contribution in [3.8, 4) is 0 Å². The number of carbonyl (C=O) groups is 2. The maximum absolute atomic E-state index is 13.7. The Morgan fingerprint density at radius 3 is 2.74 bits per heavy atom. The molecule has 2 aromatic carbocycles. The van der Waals surface area contributed by atoms with Crippen LogP contribution < -0.4 is 4.90 Å². The van der Waals surface area contributed by atoms with Crippen molar-refractivity contribution in [2.75, 3.05) is 37.7 Å². The van der Waals surface area contributed by atoms with Gasteiger partial charge in [-0.1, -0.05) is 18.2 Å². The lowest BCUT2D eigenvalue weighted by Gasteiger charge is -2.27. The third-order valence-corrected chi connectivity index (χ3v) is 5.95. The molecule has 7 nitrogen and oxygen atoms in total. The normalized spacial score (nSPS) is 19.4. The van der Waals surface area contributed by atoms with Crippen molar-refractivity contribution in [2.45, 2.75) is 18.9 Å². The largest absolute Gasteiger partial charge is 0.378 e. The lowest BCUT2D eigenvalue weighted by Crippen LogP contribution is -2.42. The molecule has 160 valence electrons. The highest BCUT2D eigenvalue weighted by Gasteiger charge is 2.35. The molecule has 3 aromatic rings. The van der Waals surface area contributed by atoms with Crippen LogP contribution in [0.3, 0.4) is 0 Å². The summed E-state index contributed by atoms with van der Waals surface area (Å²) in [7, 11) is 0. The zero-order valence-electron chi connectivity index (χ0n) is 17.0. The summed E-state index contributed by atoms with van der Waals surface area (Å²) in [6.45, 7) is 2.82. The Morgan fingerprint density at radius 2 is 1.94 bits per heavy atom. The molecule has 0 radical (unpaired) electrons. The van der Waals surface area contributed by atoms with E-state index in [1.807, 2.05) is 28.8 Å². The Morgan fingerprint density at radius 1 is 1.13 bits per heavy atom. The van der Waals surface area contributed by atoms with E-state index < -0.39 is 0 Å². The lowest BCUT2D eigenvalue weighted by atomic mass is 10.1. The average Bonchev–Trinajstić information content (AvgIpc) is 3.35. The molecule has 0 aliphatic carbocycles. The molecule has 2 aliphatic heterocycles. The monoisotopic (exact) mass is 422 g/mol. The molecule has 0 saturated carbocycles. The van der Waals surface area contributed by atoms with Crippen molar-refractivity contribution in [3.63, 3.8) is 0 Å². The van der Waals surface area contributed by atoms with Gasteiger partial charge in [-0.3, -0.25) is 9.59 Å². The summed E-state index contributed by atoms with van der Waals surface area (Å²) in [5, 5.41) is 0.